The van der Waals surface area contributed by atoms with Crippen LogP contribution >= 0.6 is 0 Å². The summed E-state index contributed by atoms with van der Waals surface area (Å²) in [6.07, 6.45) is -0.217. The number of nitrogens with one attached hydrogen (secondary N) is 1. The van der Waals surface area contributed by atoms with E-state index in [9.17, 15) is 35.6 Å². The topological polar surface area (TPSA) is 119 Å². The molecule has 0 aliphatic carbocycles. The van der Waals surface area contributed by atoms with Crippen LogP contribution in [0.25, 0.3) is 0 Å². The summed E-state index contributed by atoms with van der Waals surface area (Å²) < 4.78 is 87.0. The van der Waals surface area contributed by atoms with E-state index < -0.39 is 67.9 Å². The number of hydrogen-bond acceptors (Lipinski definition) is 6. The van der Waals surface area contributed by atoms with Gasteiger partial charge < -0.3 is 15.8 Å². The lowest BCUT2D eigenvalue weighted by Gasteiger charge is -2.31. The van der Waals surface area contributed by atoms with Gasteiger partial charge in [0.05, 0.1) is 0 Å². The number of halogens is 4. The number of nitrogens with zero attached hydrogens (tertiary/aromatic N) is 1. The molecule has 3 N–H and O–H groups in total. The van der Waals surface area contributed by atoms with E-state index >= 15 is 0 Å². The normalized spacial score (nSPS) is 16.1. The average molecular weight is 532 g/mol. The van der Waals surface area contributed by atoms with Crippen molar-refractivity contribution in [2.45, 2.75) is 43.7 Å². The van der Waals surface area contributed by atoms with Crippen LogP contribution in [-0.4, -0.2) is 49.8 Å². The summed E-state index contributed by atoms with van der Waals surface area (Å²) >= 11 is 0. The molecule has 1 fully saturated rings. The van der Waals surface area contributed by atoms with E-state index in [1.807, 2.05) is 0 Å². The number of ether oxygens (including phenoxy) is 1. The fourth-order valence-corrected chi connectivity index (χ4v) is 5.08. The van der Waals surface area contributed by atoms with Crippen molar-refractivity contribution in [3.8, 4) is 0 Å². The van der Waals surface area contributed by atoms with Crippen LogP contribution in [0.15, 0.2) is 35.2 Å². The van der Waals surface area contributed by atoms with E-state index in [-0.39, 0.29) is 37.4 Å². The Morgan fingerprint density at radius 3 is 2.17 bits per heavy atom. The summed E-state index contributed by atoms with van der Waals surface area (Å²) in [6.45, 7) is 3.39. The van der Waals surface area contributed by atoms with Crippen molar-refractivity contribution in [1.82, 2.24) is 4.31 Å². The lowest BCUT2D eigenvalue weighted by atomic mass is 10.1. The van der Waals surface area contributed by atoms with Gasteiger partial charge >= 0.3 is 5.97 Å². The summed E-state index contributed by atoms with van der Waals surface area (Å²) in [5, 5.41) is 2.11. The summed E-state index contributed by atoms with van der Waals surface area (Å²) in [7, 11) is -4.38. The minimum Gasteiger partial charge on any atom is -0.461 e. The number of rotatable bonds is 7. The number of nitrogens with two attached hydrogens (primary N) is 1. The van der Waals surface area contributed by atoms with Crippen LogP contribution in [0.4, 0.5) is 23.2 Å². The summed E-state index contributed by atoms with van der Waals surface area (Å²) in [5.41, 5.74) is 5.03. The predicted octanol–water partition coefficient (Wildman–Crippen LogP) is 3.17. The summed E-state index contributed by atoms with van der Waals surface area (Å²) in [5.74, 6) is -7.61. The summed E-state index contributed by atoms with van der Waals surface area (Å²) in [6, 6.07) is 2.84. The van der Waals surface area contributed by atoms with Gasteiger partial charge in [0.2, 0.25) is 10.0 Å². The molecule has 1 aliphatic heterocycles. The Kier molecular flexibility index (Phi) is 8.37. The van der Waals surface area contributed by atoms with Crippen molar-refractivity contribution in [2.75, 3.05) is 18.4 Å². The molecule has 36 heavy (non-hydrogen) atoms. The predicted molar refractivity (Wildman–Crippen MR) is 121 cm³/mol. The van der Waals surface area contributed by atoms with Gasteiger partial charge in [-0.15, -0.1) is 0 Å². The SMILES string of the molecule is CC(C)[C@H](N)C(=O)OC1CCN(S(=O)(=O)c2cc(C(=O)Nc3cc(F)c(F)c(F)c3)ccc2F)CC1. The van der Waals surface area contributed by atoms with Gasteiger partial charge in [-0.3, -0.25) is 9.59 Å². The van der Waals surface area contributed by atoms with E-state index in [0.29, 0.717) is 12.1 Å². The fraction of sp³-hybridized carbons (Fsp3) is 0.391. The van der Waals surface area contributed by atoms with Crippen LogP contribution in [0.5, 0.6) is 0 Å². The Balaban J connectivity index is 1.73. The number of hydrogen-bond donors (Lipinski definition) is 2. The first-order chi connectivity index (χ1) is 16.8. The molecule has 0 saturated carbocycles. The van der Waals surface area contributed by atoms with Crippen molar-refractivity contribution in [1.29, 1.82) is 0 Å². The Hall–Kier alpha value is -3.03. The largest absolute Gasteiger partial charge is 0.461 e. The fourth-order valence-electron chi connectivity index (χ4n) is 3.52. The first kappa shape index (κ1) is 27.6. The quantitative estimate of drug-likeness (QED) is 0.322. The molecule has 1 aliphatic rings. The molecule has 0 radical (unpaired) electrons. The second-order valence-corrected chi connectivity index (χ2v) is 10.6. The molecule has 0 aromatic heterocycles. The standard InChI is InChI=1S/C23H25F4N3O5S/c1-12(2)21(28)23(32)35-15-5-7-30(8-6-15)36(33,34)19-9-13(3-4-16(19)24)22(31)29-14-10-17(25)20(27)18(26)11-14/h3-4,9-12,15,21H,5-8,28H2,1-2H3,(H,29,31)/t21-/m0/s1. The number of esters is 1. The highest BCUT2D eigenvalue weighted by Crippen LogP contribution is 2.26. The van der Waals surface area contributed by atoms with Gasteiger partial charge in [0.1, 0.15) is 22.9 Å². The Bertz CT molecular complexity index is 1240. The number of carbonyl (C=O) groups excluding carboxylic acids is 2. The highest BCUT2D eigenvalue weighted by atomic mass is 32.2. The number of sulfonamides is 1. The Labute approximate surface area is 205 Å². The Morgan fingerprint density at radius 1 is 1.03 bits per heavy atom. The van der Waals surface area contributed by atoms with Gasteiger partial charge in [0.15, 0.2) is 17.5 Å². The molecule has 0 bridgehead atoms. The monoisotopic (exact) mass is 531 g/mol. The molecular weight excluding hydrogens is 506 g/mol. The smallest absolute Gasteiger partial charge is 0.323 e. The minimum atomic E-state index is -4.38. The molecular formula is C23H25F4N3O5S. The molecule has 3 rings (SSSR count). The molecule has 1 saturated heterocycles. The third-order valence-corrected chi connectivity index (χ3v) is 7.64. The van der Waals surface area contributed by atoms with Crippen LogP contribution in [0.3, 0.4) is 0 Å². The Morgan fingerprint density at radius 2 is 1.61 bits per heavy atom. The lowest BCUT2D eigenvalue weighted by Crippen LogP contribution is -2.44. The van der Waals surface area contributed by atoms with E-state index in [1.165, 1.54) is 0 Å². The second-order valence-electron chi connectivity index (χ2n) is 8.66. The van der Waals surface area contributed by atoms with Gasteiger partial charge in [-0.2, -0.15) is 4.31 Å². The van der Waals surface area contributed by atoms with Crippen molar-refractivity contribution < 1.29 is 40.3 Å². The van der Waals surface area contributed by atoms with Crippen molar-refractivity contribution in [3.63, 3.8) is 0 Å². The van der Waals surface area contributed by atoms with Gasteiger partial charge in [-0.1, -0.05) is 13.8 Å². The van der Waals surface area contributed by atoms with Crippen LogP contribution < -0.4 is 11.1 Å². The van der Waals surface area contributed by atoms with Gasteiger partial charge in [-0.05, 0) is 37.0 Å². The third-order valence-electron chi connectivity index (χ3n) is 5.73. The molecule has 1 amide bonds. The molecule has 196 valence electrons. The van der Waals surface area contributed by atoms with Crippen molar-refractivity contribution in [2.24, 2.45) is 11.7 Å². The molecule has 2 aromatic rings. The highest BCUT2D eigenvalue weighted by Gasteiger charge is 2.34. The van der Waals surface area contributed by atoms with E-state index in [0.717, 1.165) is 22.5 Å². The van der Waals surface area contributed by atoms with E-state index in [2.05, 4.69) is 5.32 Å². The zero-order chi connectivity index (χ0) is 26.8. The number of piperidine rings is 1. The molecule has 1 heterocycles. The van der Waals surface area contributed by atoms with Crippen LogP contribution in [0, 0.1) is 29.2 Å². The number of amides is 1. The van der Waals surface area contributed by atoms with Gasteiger partial charge in [-0.25, -0.2) is 26.0 Å². The highest BCUT2D eigenvalue weighted by molar-refractivity contribution is 7.89. The zero-order valence-electron chi connectivity index (χ0n) is 19.4. The lowest BCUT2D eigenvalue weighted by molar-refractivity contribution is -0.153. The minimum absolute atomic E-state index is 0.0683. The second kappa shape index (κ2) is 10.9. The average Bonchev–Trinajstić information content (AvgIpc) is 2.82. The maximum Gasteiger partial charge on any atom is 0.323 e. The van der Waals surface area contributed by atoms with Crippen molar-refractivity contribution in [3.05, 3.63) is 59.2 Å². The molecule has 1 atom stereocenters. The molecule has 0 spiro atoms. The zero-order valence-corrected chi connectivity index (χ0v) is 20.2. The maximum atomic E-state index is 14.5. The summed E-state index contributed by atoms with van der Waals surface area (Å²) in [4.78, 5) is 23.8. The van der Waals surface area contributed by atoms with Crippen LogP contribution in [0.1, 0.15) is 37.0 Å². The molecule has 2 aromatic carbocycles. The first-order valence-electron chi connectivity index (χ1n) is 11.0. The molecule has 13 heteroatoms. The van der Waals surface area contributed by atoms with Crippen LogP contribution in [-0.2, 0) is 19.6 Å². The van der Waals surface area contributed by atoms with E-state index in [4.69, 9.17) is 10.5 Å². The maximum absolute atomic E-state index is 14.5. The van der Waals surface area contributed by atoms with Crippen molar-refractivity contribution >= 4 is 27.6 Å². The number of benzene rings is 2. The first-order valence-corrected chi connectivity index (χ1v) is 12.5. The number of anilines is 1. The van der Waals surface area contributed by atoms with E-state index in [1.54, 1.807) is 13.8 Å². The number of carbonyl (C=O) groups is 2. The molecule has 0 unspecified atom stereocenters. The van der Waals surface area contributed by atoms with Crippen LogP contribution in [0.2, 0.25) is 0 Å². The molecule has 8 nitrogen and oxygen atoms in total. The third kappa shape index (κ3) is 6.02. The van der Waals surface area contributed by atoms with Gasteiger partial charge in [0.25, 0.3) is 5.91 Å². The van der Waals surface area contributed by atoms with Gasteiger partial charge in [0, 0.05) is 36.5 Å².